The molecule has 0 bridgehead atoms. The summed E-state index contributed by atoms with van der Waals surface area (Å²) in [7, 11) is 0. The molecule has 0 saturated carbocycles. The summed E-state index contributed by atoms with van der Waals surface area (Å²) in [5.74, 6) is 0.162. The van der Waals surface area contributed by atoms with Crippen LogP contribution in [0.25, 0.3) is 0 Å². The number of aryl methyl sites for hydroxylation is 1. The number of para-hydroxylation sites is 1. The van der Waals surface area contributed by atoms with Crippen LogP contribution in [0.5, 0.6) is 0 Å². The van der Waals surface area contributed by atoms with Crippen LogP contribution in [0.2, 0.25) is 5.02 Å². The fourth-order valence-electron chi connectivity index (χ4n) is 3.27. The molecular weight excluding hydrogens is 460 g/mol. The number of aliphatic imine (C=N–C) groups is 1. The Kier molecular flexibility index (Phi) is 11.1. The number of nitrogens with zero attached hydrogens (tertiary/aromatic N) is 3. The van der Waals surface area contributed by atoms with E-state index in [0.29, 0.717) is 27.9 Å². The van der Waals surface area contributed by atoms with Crippen LogP contribution >= 0.6 is 23.4 Å². The van der Waals surface area contributed by atoms with Gasteiger partial charge in [0.25, 0.3) is 0 Å². The molecule has 10 heteroatoms. The van der Waals surface area contributed by atoms with E-state index in [9.17, 15) is 5.11 Å². The number of aliphatic hydroxyl groups excluding tert-OH is 2. The number of hydrogen-bond donors (Lipinski definition) is 5. The lowest BCUT2D eigenvalue weighted by molar-refractivity contribution is 0.138. The van der Waals surface area contributed by atoms with Crippen molar-refractivity contribution in [3.8, 4) is 0 Å². The van der Waals surface area contributed by atoms with Crippen molar-refractivity contribution < 1.29 is 10.2 Å². The number of piperazine rings is 1. The largest absolute Gasteiger partial charge is 0.395 e. The molecule has 5 N–H and O–H groups in total. The number of halogens is 1. The van der Waals surface area contributed by atoms with Crippen LogP contribution in [0.4, 0.5) is 5.69 Å². The maximum Gasteiger partial charge on any atom is 0.156 e. The molecule has 0 aliphatic carbocycles. The van der Waals surface area contributed by atoms with Crippen molar-refractivity contribution in [3.63, 3.8) is 0 Å². The van der Waals surface area contributed by atoms with Gasteiger partial charge in [0.15, 0.2) is 6.23 Å². The predicted molar refractivity (Wildman–Crippen MR) is 140 cm³/mol. The number of thioether (sulfide) groups is 1. The van der Waals surface area contributed by atoms with Crippen molar-refractivity contribution in [3.05, 3.63) is 52.5 Å². The molecule has 33 heavy (non-hydrogen) atoms. The Labute approximate surface area is 205 Å². The standard InChI is InChI=1S/C23H33ClN6O2S/c1-16-5-4-6-20(24)22(16)28-23(32)17(2)33-21(26)15-19(27-18(3)25)7-8-29-9-11-30(12-10-29)13-14-31/h4-8,23,25-26,28,31-32H,2,9-15H2,1,3H3/b8-7+,25-18?,26-21?,27-19?. The van der Waals surface area contributed by atoms with Gasteiger partial charge in [-0.1, -0.05) is 42.1 Å². The van der Waals surface area contributed by atoms with E-state index in [1.165, 1.54) is 0 Å². The summed E-state index contributed by atoms with van der Waals surface area (Å²) >= 11 is 7.28. The molecule has 1 atom stereocenters. The van der Waals surface area contributed by atoms with Gasteiger partial charge in [-0.15, -0.1) is 0 Å². The zero-order valence-corrected chi connectivity index (χ0v) is 20.7. The molecule has 1 saturated heterocycles. The van der Waals surface area contributed by atoms with Crippen LogP contribution in [-0.4, -0.2) is 82.2 Å². The number of β-amino-alcohol motifs (C(OH)–C–C–N with tert-alkyl or cyclic N) is 1. The molecule has 0 aromatic heterocycles. The Morgan fingerprint density at radius 3 is 2.64 bits per heavy atom. The molecule has 1 unspecified atom stereocenters. The SMILES string of the molecule is C=C(SC(=N)CC(/C=C/N1CCN(CCO)CC1)=NC(C)=N)C(O)Nc1c(C)cccc1Cl. The van der Waals surface area contributed by atoms with Gasteiger partial charge in [-0.25, -0.2) is 4.99 Å². The highest BCUT2D eigenvalue weighted by atomic mass is 35.5. The summed E-state index contributed by atoms with van der Waals surface area (Å²) in [6.45, 7) is 11.7. The van der Waals surface area contributed by atoms with Gasteiger partial charge in [0.1, 0.15) is 5.84 Å². The van der Waals surface area contributed by atoms with Crippen molar-refractivity contribution in [1.29, 1.82) is 10.8 Å². The number of hydrogen-bond acceptors (Lipinski definition) is 8. The van der Waals surface area contributed by atoms with E-state index in [1.807, 2.05) is 31.3 Å². The number of benzene rings is 1. The highest BCUT2D eigenvalue weighted by Gasteiger charge is 2.16. The number of aliphatic hydroxyl groups is 2. The zero-order valence-electron chi connectivity index (χ0n) is 19.1. The number of rotatable bonds is 10. The second kappa shape index (κ2) is 13.5. The first kappa shape index (κ1) is 27.1. The fourth-order valence-corrected chi connectivity index (χ4v) is 4.25. The Bertz CT molecular complexity index is 892. The first-order valence-corrected chi connectivity index (χ1v) is 11.9. The maximum absolute atomic E-state index is 10.5. The van der Waals surface area contributed by atoms with Gasteiger partial charge in [-0.3, -0.25) is 15.7 Å². The summed E-state index contributed by atoms with van der Waals surface area (Å²) < 4.78 is 0. The molecule has 0 spiro atoms. The minimum absolute atomic E-state index is 0.162. The fraction of sp³-hybridized carbons (Fsp3) is 0.435. The Morgan fingerprint density at radius 1 is 1.33 bits per heavy atom. The topological polar surface area (TPSA) is 119 Å². The minimum atomic E-state index is -1.08. The molecule has 1 heterocycles. The summed E-state index contributed by atoms with van der Waals surface area (Å²) in [5.41, 5.74) is 2.12. The van der Waals surface area contributed by atoms with Crippen molar-refractivity contribution in [1.82, 2.24) is 9.80 Å². The Balaban J connectivity index is 1.92. The van der Waals surface area contributed by atoms with Gasteiger partial charge in [0.2, 0.25) is 0 Å². The molecule has 1 aliphatic rings. The molecule has 1 aromatic rings. The second-order valence-electron chi connectivity index (χ2n) is 7.75. The molecular formula is C23H33ClN6O2S. The first-order valence-electron chi connectivity index (χ1n) is 10.7. The smallest absolute Gasteiger partial charge is 0.156 e. The van der Waals surface area contributed by atoms with E-state index >= 15 is 0 Å². The van der Waals surface area contributed by atoms with Gasteiger partial charge in [0, 0.05) is 50.2 Å². The summed E-state index contributed by atoms with van der Waals surface area (Å²) in [5, 5.41) is 39.3. The van der Waals surface area contributed by atoms with E-state index in [4.69, 9.17) is 27.5 Å². The normalized spacial score (nSPS) is 16.2. The van der Waals surface area contributed by atoms with Crippen LogP contribution in [0.3, 0.4) is 0 Å². The van der Waals surface area contributed by atoms with E-state index in [1.54, 1.807) is 13.0 Å². The van der Waals surface area contributed by atoms with Crippen LogP contribution in [0.15, 0.2) is 47.0 Å². The van der Waals surface area contributed by atoms with Gasteiger partial charge in [0.05, 0.1) is 28.1 Å². The van der Waals surface area contributed by atoms with Gasteiger partial charge in [-0.2, -0.15) is 0 Å². The lowest BCUT2D eigenvalue weighted by atomic mass is 10.2. The number of anilines is 1. The van der Waals surface area contributed by atoms with Crippen LogP contribution in [-0.2, 0) is 0 Å². The maximum atomic E-state index is 10.5. The van der Waals surface area contributed by atoms with Crippen LogP contribution in [0, 0.1) is 17.7 Å². The van der Waals surface area contributed by atoms with Crippen molar-refractivity contribution in [2.24, 2.45) is 4.99 Å². The summed E-state index contributed by atoms with van der Waals surface area (Å²) in [6.07, 6.45) is 2.92. The number of amidine groups is 1. The first-order chi connectivity index (χ1) is 15.7. The lowest BCUT2D eigenvalue weighted by Crippen LogP contribution is -2.45. The monoisotopic (exact) mass is 492 g/mol. The quantitative estimate of drug-likeness (QED) is 0.193. The molecule has 2 rings (SSSR count). The highest BCUT2D eigenvalue weighted by molar-refractivity contribution is 8.17. The average molecular weight is 493 g/mol. The van der Waals surface area contributed by atoms with Gasteiger partial charge < -0.3 is 20.4 Å². The molecule has 0 radical (unpaired) electrons. The minimum Gasteiger partial charge on any atom is -0.395 e. The molecule has 1 aliphatic heterocycles. The van der Waals surface area contributed by atoms with E-state index in [0.717, 1.165) is 43.5 Å². The average Bonchev–Trinajstić information content (AvgIpc) is 2.75. The number of allylic oxidation sites excluding steroid dienone is 1. The third kappa shape index (κ3) is 9.30. The molecule has 1 aromatic carbocycles. The van der Waals surface area contributed by atoms with Crippen LogP contribution in [0.1, 0.15) is 18.9 Å². The van der Waals surface area contributed by atoms with Gasteiger partial charge >= 0.3 is 0 Å². The van der Waals surface area contributed by atoms with Crippen LogP contribution < -0.4 is 5.32 Å². The molecule has 1 fully saturated rings. The van der Waals surface area contributed by atoms with E-state index < -0.39 is 6.23 Å². The zero-order chi connectivity index (χ0) is 24.4. The summed E-state index contributed by atoms with van der Waals surface area (Å²) in [6, 6.07) is 5.46. The highest BCUT2D eigenvalue weighted by Crippen LogP contribution is 2.28. The third-order valence-electron chi connectivity index (χ3n) is 5.02. The summed E-state index contributed by atoms with van der Waals surface area (Å²) in [4.78, 5) is 9.00. The molecule has 180 valence electrons. The predicted octanol–water partition coefficient (Wildman–Crippen LogP) is 3.55. The van der Waals surface area contributed by atoms with Crippen molar-refractivity contribution in [2.75, 3.05) is 44.6 Å². The Hall–Kier alpha value is -2.17. The van der Waals surface area contributed by atoms with Crippen molar-refractivity contribution >= 4 is 45.6 Å². The molecule has 0 amide bonds. The van der Waals surface area contributed by atoms with Crippen molar-refractivity contribution in [2.45, 2.75) is 26.5 Å². The number of nitrogens with one attached hydrogen (secondary N) is 3. The lowest BCUT2D eigenvalue weighted by Gasteiger charge is -2.33. The third-order valence-corrected chi connectivity index (χ3v) is 6.21. The Morgan fingerprint density at radius 2 is 2.03 bits per heavy atom. The van der Waals surface area contributed by atoms with E-state index in [2.05, 4.69) is 26.7 Å². The molecule has 8 nitrogen and oxygen atoms in total. The second-order valence-corrected chi connectivity index (χ2v) is 9.38. The van der Waals surface area contributed by atoms with E-state index in [-0.39, 0.29) is 23.9 Å². The van der Waals surface area contributed by atoms with Gasteiger partial charge in [-0.05, 0) is 31.6 Å².